The predicted molar refractivity (Wildman–Crippen MR) is 104 cm³/mol. The number of likely N-dealkylation sites (N-methyl/N-ethyl adjacent to an activating group) is 1. The first-order valence-electron chi connectivity index (χ1n) is 8.01. The minimum Gasteiger partial charge on any atom is -0.382 e. The zero-order valence-electron chi connectivity index (χ0n) is 14.4. The molecule has 0 saturated heterocycles. The molecule has 25 heavy (non-hydrogen) atoms. The molecule has 7 heteroatoms. The van der Waals surface area contributed by atoms with E-state index in [0.717, 1.165) is 24.3 Å². The largest absolute Gasteiger partial charge is 0.382 e. The quantitative estimate of drug-likeness (QED) is 0.737. The number of halogens is 2. The highest BCUT2D eigenvalue weighted by Crippen LogP contribution is 2.21. The van der Waals surface area contributed by atoms with E-state index < -0.39 is 0 Å². The maximum atomic E-state index is 12.3. The smallest absolute Gasteiger partial charge is 0.252 e. The molecule has 0 radical (unpaired) electrons. The molecule has 0 aliphatic carbocycles. The van der Waals surface area contributed by atoms with Gasteiger partial charge in [0.2, 0.25) is 0 Å². The summed E-state index contributed by atoms with van der Waals surface area (Å²) in [4.78, 5) is 18.5. The van der Waals surface area contributed by atoms with Gasteiger partial charge < -0.3 is 15.5 Å². The Morgan fingerprint density at radius 1 is 1.16 bits per heavy atom. The van der Waals surface area contributed by atoms with Crippen molar-refractivity contribution in [1.29, 1.82) is 0 Å². The number of nitrogens with one attached hydrogen (secondary N) is 2. The average Bonchev–Trinajstić information content (AvgIpc) is 2.56. The van der Waals surface area contributed by atoms with E-state index in [1.54, 1.807) is 30.6 Å². The Bertz CT molecular complexity index is 722. The molecule has 1 heterocycles. The highest BCUT2D eigenvalue weighted by Gasteiger charge is 2.08. The molecular weight excluding hydrogens is 359 g/mol. The summed E-state index contributed by atoms with van der Waals surface area (Å²) in [7, 11) is 4.02. The second-order valence-electron chi connectivity index (χ2n) is 5.93. The van der Waals surface area contributed by atoms with Crippen molar-refractivity contribution in [3.05, 3.63) is 57.8 Å². The Labute approximate surface area is 158 Å². The lowest BCUT2D eigenvalue weighted by molar-refractivity contribution is 0.0954. The molecule has 0 spiro atoms. The molecule has 2 aromatic rings. The van der Waals surface area contributed by atoms with Crippen molar-refractivity contribution in [2.45, 2.75) is 6.42 Å². The van der Waals surface area contributed by atoms with Crippen LogP contribution in [0.2, 0.25) is 10.0 Å². The molecule has 0 fully saturated rings. The van der Waals surface area contributed by atoms with Gasteiger partial charge in [-0.05, 0) is 44.3 Å². The number of benzene rings is 1. The zero-order chi connectivity index (χ0) is 18.2. The first-order valence-corrected chi connectivity index (χ1v) is 8.77. The van der Waals surface area contributed by atoms with Gasteiger partial charge in [-0.3, -0.25) is 9.78 Å². The van der Waals surface area contributed by atoms with Gasteiger partial charge in [0, 0.05) is 42.1 Å². The van der Waals surface area contributed by atoms with Crippen LogP contribution in [0.3, 0.4) is 0 Å². The van der Waals surface area contributed by atoms with Crippen LogP contribution < -0.4 is 10.6 Å². The molecule has 0 unspecified atom stereocenters. The highest BCUT2D eigenvalue weighted by atomic mass is 35.5. The van der Waals surface area contributed by atoms with E-state index in [4.69, 9.17) is 23.2 Å². The van der Waals surface area contributed by atoms with Gasteiger partial charge in [-0.1, -0.05) is 29.3 Å². The van der Waals surface area contributed by atoms with Crippen molar-refractivity contribution in [2.75, 3.05) is 39.0 Å². The molecule has 2 N–H and O–H groups in total. The SMILES string of the molecule is CN(C)CCNc1cncc(C(=O)NCCc2ccc(Cl)cc2Cl)c1. The molecule has 5 nitrogen and oxygen atoms in total. The van der Waals surface area contributed by atoms with Gasteiger partial charge >= 0.3 is 0 Å². The number of carbonyl (C=O) groups is 1. The molecular formula is C18H22Cl2N4O. The number of rotatable bonds is 8. The van der Waals surface area contributed by atoms with Crippen LogP contribution in [0.4, 0.5) is 5.69 Å². The molecule has 1 aromatic heterocycles. The number of amides is 1. The molecule has 0 saturated carbocycles. The molecule has 0 bridgehead atoms. The van der Waals surface area contributed by atoms with Gasteiger partial charge in [0.25, 0.3) is 5.91 Å². The van der Waals surface area contributed by atoms with E-state index in [0.29, 0.717) is 28.6 Å². The van der Waals surface area contributed by atoms with Crippen LogP contribution in [0, 0.1) is 0 Å². The fraction of sp³-hybridized carbons (Fsp3) is 0.333. The standard InChI is InChI=1S/C18H22Cl2N4O/c1-24(2)8-7-22-16-9-14(11-21-12-16)18(25)23-6-5-13-3-4-15(19)10-17(13)20/h3-4,9-12,22H,5-8H2,1-2H3,(H,23,25). The third-order valence-corrected chi connectivity index (χ3v) is 4.17. The van der Waals surface area contributed by atoms with E-state index in [9.17, 15) is 4.79 Å². The Kier molecular flexibility index (Phi) is 7.50. The van der Waals surface area contributed by atoms with Crippen LogP contribution in [0.1, 0.15) is 15.9 Å². The van der Waals surface area contributed by atoms with E-state index in [1.165, 1.54) is 0 Å². The molecule has 0 aliphatic heterocycles. The number of hydrogen-bond donors (Lipinski definition) is 2. The van der Waals surface area contributed by atoms with Gasteiger partial charge in [0.1, 0.15) is 0 Å². The molecule has 2 rings (SSSR count). The van der Waals surface area contributed by atoms with Gasteiger partial charge in [-0.2, -0.15) is 0 Å². The highest BCUT2D eigenvalue weighted by molar-refractivity contribution is 6.35. The third-order valence-electron chi connectivity index (χ3n) is 3.58. The number of pyridine rings is 1. The van der Waals surface area contributed by atoms with Gasteiger partial charge in [-0.15, -0.1) is 0 Å². The summed E-state index contributed by atoms with van der Waals surface area (Å²) in [5.41, 5.74) is 2.30. The fourth-order valence-electron chi connectivity index (χ4n) is 2.22. The van der Waals surface area contributed by atoms with Crippen LogP contribution in [0.5, 0.6) is 0 Å². The van der Waals surface area contributed by atoms with Crippen LogP contribution in [-0.4, -0.2) is 49.5 Å². The molecule has 1 amide bonds. The number of nitrogens with zero attached hydrogens (tertiary/aromatic N) is 2. The molecule has 1 aromatic carbocycles. The lowest BCUT2D eigenvalue weighted by Gasteiger charge is -2.12. The minimum atomic E-state index is -0.158. The number of aromatic nitrogens is 1. The van der Waals surface area contributed by atoms with Crippen LogP contribution in [-0.2, 0) is 6.42 Å². The molecule has 0 atom stereocenters. The molecule has 134 valence electrons. The number of anilines is 1. The van der Waals surface area contributed by atoms with E-state index in [-0.39, 0.29) is 5.91 Å². The lowest BCUT2D eigenvalue weighted by atomic mass is 10.1. The summed E-state index contributed by atoms with van der Waals surface area (Å²) in [5.74, 6) is -0.158. The van der Waals surface area contributed by atoms with Gasteiger partial charge in [0.15, 0.2) is 0 Å². The number of hydrogen-bond acceptors (Lipinski definition) is 4. The zero-order valence-corrected chi connectivity index (χ0v) is 15.9. The van der Waals surface area contributed by atoms with Crippen LogP contribution >= 0.6 is 23.2 Å². The first-order chi connectivity index (χ1) is 12.0. The molecule has 0 aliphatic rings. The summed E-state index contributed by atoms with van der Waals surface area (Å²) in [6.45, 7) is 2.17. The van der Waals surface area contributed by atoms with Gasteiger partial charge in [0.05, 0.1) is 11.3 Å². The van der Waals surface area contributed by atoms with Crippen molar-refractivity contribution in [1.82, 2.24) is 15.2 Å². The summed E-state index contributed by atoms with van der Waals surface area (Å²) in [6.07, 6.45) is 3.90. The Hall–Kier alpha value is -1.82. The van der Waals surface area contributed by atoms with Crippen molar-refractivity contribution in [2.24, 2.45) is 0 Å². The van der Waals surface area contributed by atoms with Crippen molar-refractivity contribution >= 4 is 34.8 Å². The first kappa shape index (κ1) is 19.5. The lowest BCUT2D eigenvalue weighted by Crippen LogP contribution is -2.26. The Morgan fingerprint density at radius 3 is 2.68 bits per heavy atom. The fourth-order valence-corrected chi connectivity index (χ4v) is 2.72. The summed E-state index contributed by atoms with van der Waals surface area (Å²) < 4.78 is 0. The second-order valence-corrected chi connectivity index (χ2v) is 6.78. The van der Waals surface area contributed by atoms with E-state index >= 15 is 0 Å². The van der Waals surface area contributed by atoms with Crippen molar-refractivity contribution in [3.63, 3.8) is 0 Å². The van der Waals surface area contributed by atoms with Gasteiger partial charge in [-0.25, -0.2) is 0 Å². The Balaban J connectivity index is 1.86. The summed E-state index contributed by atoms with van der Waals surface area (Å²) in [6, 6.07) is 7.16. The maximum Gasteiger partial charge on any atom is 0.252 e. The third kappa shape index (κ3) is 6.53. The number of carbonyl (C=O) groups excluding carboxylic acids is 1. The topological polar surface area (TPSA) is 57.3 Å². The van der Waals surface area contributed by atoms with Crippen molar-refractivity contribution in [3.8, 4) is 0 Å². The summed E-state index contributed by atoms with van der Waals surface area (Å²) in [5, 5.41) is 7.34. The summed E-state index contributed by atoms with van der Waals surface area (Å²) >= 11 is 12.0. The second kappa shape index (κ2) is 9.61. The maximum absolute atomic E-state index is 12.3. The predicted octanol–water partition coefficient (Wildman–Crippen LogP) is 3.33. The normalized spacial score (nSPS) is 10.8. The van der Waals surface area contributed by atoms with Crippen molar-refractivity contribution < 1.29 is 4.79 Å². The Morgan fingerprint density at radius 2 is 1.96 bits per heavy atom. The van der Waals surface area contributed by atoms with Crippen LogP contribution in [0.25, 0.3) is 0 Å². The van der Waals surface area contributed by atoms with E-state index in [1.807, 2.05) is 20.2 Å². The minimum absolute atomic E-state index is 0.158. The monoisotopic (exact) mass is 380 g/mol. The average molecular weight is 381 g/mol. The van der Waals surface area contributed by atoms with E-state index in [2.05, 4.69) is 20.5 Å². The van der Waals surface area contributed by atoms with Crippen LogP contribution in [0.15, 0.2) is 36.7 Å².